The molecule has 8 nitrogen and oxygen atoms in total. The maximum Gasteiger partial charge on any atom is 0.343 e. The van der Waals surface area contributed by atoms with E-state index in [1.54, 1.807) is 44.2 Å². The Morgan fingerprint density at radius 2 is 1.39 bits per heavy atom. The van der Waals surface area contributed by atoms with Crippen LogP contribution in [0.15, 0.2) is 91.0 Å². The third-order valence-electron chi connectivity index (χ3n) is 5.28. The molecular formula is C30H28O8. The van der Waals surface area contributed by atoms with Gasteiger partial charge in [-0.1, -0.05) is 37.4 Å². The summed E-state index contributed by atoms with van der Waals surface area (Å²) >= 11 is 0. The lowest BCUT2D eigenvalue weighted by Crippen LogP contribution is -2.13. The molecule has 0 heterocycles. The molecule has 196 valence electrons. The largest absolute Gasteiger partial charge is 0.490 e. The molecule has 0 amide bonds. The first kappa shape index (κ1) is 27.9. The van der Waals surface area contributed by atoms with E-state index in [4.69, 9.17) is 24.1 Å². The van der Waals surface area contributed by atoms with E-state index in [0.717, 1.165) is 11.1 Å². The summed E-state index contributed by atoms with van der Waals surface area (Å²) in [5.74, 6) is -0.517. The smallest absolute Gasteiger partial charge is 0.343 e. The lowest BCUT2D eigenvalue weighted by molar-refractivity contribution is -0.139. The number of aryl methyl sites for hydroxylation is 1. The number of carbonyl (C=O) groups excluding carboxylic acids is 3. The quantitative estimate of drug-likeness (QED) is 0.167. The molecule has 3 rings (SSSR count). The molecule has 0 atom stereocenters. The van der Waals surface area contributed by atoms with Gasteiger partial charge in [0.1, 0.15) is 30.5 Å². The van der Waals surface area contributed by atoms with Gasteiger partial charge >= 0.3 is 17.9 Å². The van der Waals surface area contributed by atoms with Crippen LogP contribution in [0.5, 0.6) is 17.2 Å². The number of hydrogen-bond acceptors (Lipinski definition) is 8. The van der Waals surface area contributed by atoms with Crippen molar-refractivity contribution >= 4 is 17.9 Å². The molecular weight excluding hydrogens is 488 g/mol. The van der Waals surface area contributed by atoms with Crippen molar-refractivity contribution in [3.8, 4) is 28.4 Å². The minimum absolute atomic E-state index is 0.0635. The maximum atomic E-state index is 12.6. The summed E-state index contributed by atoms with van der Waals surface area (Å²) in [7, 11) is 0. The second-order valence-electron chi connectivity index (χ2n) is 8.33. The highest BCUT2D eigenvalue weighted by Gasteiger charge is 2.14. The van der Waals surface area contributed by atoms with Crippen molar-refractivity contribution in [3.05, 3.63) is 102 Å². The van der Waals surface area contributed by atoms with Crippen LogP contribution < -0.4 is 14.2 Å². The van der Waals surface area contributed by atoms with Gasteiger partial charge in [-0.15, -0.1) is 0 Å². The highest BCUT2D eigenvalue weighted by molar-refractivity contribution is 5.92. The van der Waals surface area contributed by atoms with Gasteiger partial charge in [-0.05, 0) is 73.0 Å². The molecule has 0 spiro atoms. The van der Waals surface area contributed by atoms with Crippen LogP contribution in [-0.2, 0) is 14.3 Å². The summed E-state index contributed by atoms with van der Waals surface area (Å²) in [6.07, 6.45) is 0. The van der Waals surface area contributed by atoms with Gasteiger partial charge in [0.2, 0.25) is 0 Å². The fraction of sp³-hybridized carbons (Fsp3) is 0.167. The minimum Gasteiger partial charge on any atom is -0.490 e. The van der Waals surface area contributed by atoms with Gasteiger partial charge in [-0.3, -0.25) is 0 Å². The number of ether oxygens (including phenoxy) is 4. The van der Waals surface area contributed by atoms with Crippen molar-refractivity contribution in [2.75, 3.05) is 19.8 Å². The van der Waals surface area contributed by atoms with Gasteiger partial charge < -0.3 is 24.1 Å². The molecule has 3 aromatic carbocycles. The highest BCUT2D eigenvalue weighted by atomic mass is 16.6. The summed E-state index contributed by atoms with van der Waals surface area (Å²) in [6, 6.07) is 18.9. The van der Waals surface area contributed by atoms with Crippen LogP contribution in [-0.4, -0.2) is 42.8 Å². The molecule has 38 heavy (non-hydrogen) atoms. The van der Waals surface area contributed by atoms with E-state index in [1.807, 2.05) is 24.3 Å². The second-order valence-corrected chi connectivity index (χ2v) is 8.33. The van der Waals surface area contributed by atoms with Gasteiger partial charge in [-0.25, -0.2) is 14.4 Å². The topological polar surface area (TPSA) is 108 Å². The molecule has 0 saturated carbocycles. The lowest BCUT2D eigenvalue weighted by atomic mass is 10.0. The molecule has 0 bridgehead atoms. The van der Waals surface area contributed by atoms with E-state index >= 15 is 0 Å². The third-order valence-corrected chi connectivity index (χ3v) is 5.28. The Labute approximate surface area is 220 Å². The van der Waals surface area contributed by atoms with Crippen molar-refractivity contribution < 1.29 is 38.4 Å². The maximum absolute atomic E-state index is 12.6. The van der Waals surface area contributed by atoms with Crippen molar-refractivity contribution in [2.45, 2.75) is 13.8 Å². The summed E-state index contributed by atoms with van der Waals surface area (Å²) in [5.41, 5.74) is 3.04. The number of aliphatic hydroxyl groups is 1. The van der Waals surface area contributed by atoms with Crippen molar-refractivity contribution in [1.29, 1.82) is 0 Å². The second kappa shape index (κ2) is 13.0. The van der Waals surface area contributed by atoms with Crippen LogP contribution in [0.3, 0.4) is 0 Å². The number of rotatable bonds is 11. The first-order valence-electron chi connectivity index (χ1n) is 11.7. The Morgan fingerprint density at radius 1 is 0.789 bits per heavy atom. The molecule has 0 aliphatic heterocycles. The summed E-state index contributed by atoms with van der Waals surface area (Å²) in [4.78, 5) is 35.8. The van der Waals surface area contributed by atoms with Gasteiger partial charge in [-0.2, -0.15) is 0 Å². The molecule has 0 radical (unpaired) electrons. The molecule has 1 N–H and O–H groups in total. The SMILES string of the molecule is C=C(C)C(=O)OCCOc1ccc(-c2ccc(C(=O)Oc3ccc(OC(=O)C(=C)CO)c(C)c3)cc2)cc1. The molecule has 0 aliphatic carbocycles. The predicted molar refractivity (Wildman–Crippen MR) is 141 cm³/mol. The molecule has 0 aromatic heterocycles. The average Bonchev–Trinajstić information content (AvgIpc) is 2.92. The lowest BCUT2D eigenvalue weighted by Gasteiger charge is -2.10. The molecule has 3 aromatic rings. The summed E-state index contributed by atoms with van der Waals surface area (Å²) in [6.45, 7) is 10.1. The molecule has 8 heteroatoms. The van der Waals surface area contributed by atoms with Gasteiger partial charge in [0.25, 0.3) is 0 Å². The monoisotopic (exact) mass is 516 g/mol. The van der Waals surface area contributed by atoms with Crippen molar-refractivity contribution in [3.63, 3.8) is 0 Å². The molecule has 0 aliphatic rings. The van der Waals surface area contributed by atoms with Crippen molar-refractivity contribution in [1.82, 2.24) is 0 Å². The molecule has 0 fully saturated rings. The standard InChI is InChI=1S/C30H28O8/c1-19(2)28(32)36-16-15-35-25-11-9-23(10-12-25)22-5-7-24(8-6-22)30(34)37-26-13-14-27(20(3)17-26)38-29(33)21(4)18-31/h5-14,17,31H,1,4,15-16,18H2,2-3H3. The minimum atomic E-state index is -0.732. The zero-order valence-corrected chi connectivity index (χ0v) is 21.2. The van der Waals surface area contributed by atoms with E-state index in [2.05, 4.69) is 13.2 Å². The molecule has 0 unspecified atom stereocenters. The van der Waals surface area contributed by atoms with E-state index in [0.29, 0.717) is 28.2 Å². The van der Waals surface area contributed by atoms with Crippen LogP contribution in [0.4, 0.5) is 0 Å². The van der Waals surface area contributed by atoms with Crippen LogP contribution in [0.2, 0.25) is 0 Å². The normalized spacial score (nSPS) is 10.3. The number of hydrogen-bond donors (Lipinski definition) is 1. The van der Waals surface area contributed by atoms with E-state index in [9.17, 15) is 14.4 Å². The average molecular weight is 517 g/mol. The third kappa shape index (κ3) is 7.65. The number of benzene rings is 3. The summed E-state index contributed by atoms with van der Waals surface area (Å²) < 4.78 is 21.2. The zero-order chi connectivity index (χ0) is 27.7. The Hall–Kier alpha value is -4.69. The fourth-order valence-electron chi connectivity index (χ4n) is 3.16. The van der Waals surface area contributed by atoms with E-state index in [-0.39, 0.29) is 24.5 Å². The number of esters is 3. The summed E-state index contributed by atoms with van der Waals surface area (Å²) in [5, 5.41) is 8.98. The van der Waals surface area contributed by atoms with E-state index < -0.39 is 24.5 Å². The van der Waals surface area contributed by atoms with Crippen LogP contribution in [0.25, 0.3) is 11.1 Å². The number of carbonyl (C=O) groups is 3. The Morgan fingerprint density at radius 3 is 1.97 bits per heavy atom. The van der Waals surface area contributed by atoms with Crippen LogP contribution in [0.1, 0.15) is 22.8 Å². The predicted octanol–water partition coefficient (Wildman–Crippen LogP) is 4.83. The number of aliphatic hydroxyl groups excluding tert-OH is 1. The van der Waals surface area contributed by atoms with Gasteiger partial charge in [0, 0.05) is 5.57 Å². The molecule has 0 saturated heterocycles. The Bertz CT molecular complexity index is 1340. The van der Waals surface area contributed by atoms with Crippen LogP contribution >= 0.6 is 0 Å². The first-order chi connectivity index (χ1) is 18.2. The highest BCUT2D eigenvalue weighted by Crippen LogP contribution is 2.26. The van der Waals surface area contributed by atoms with Gasteiger partial charge in [0.15, 0.2) is 0 Å². The van der Waals surface area contributed by atoms with Gasteiger partial charge in [0.05, 0.1) is 17.7 Å². The Kier molecular flexibility index (Phi) is 9.56. The Balaban J connectivity index is 1.55. The van der Waals surface area contributed by atoms with Crippen molar-refractivity contribution in [2.24, 2.45) is 0 Å². The zero-order valence-electron chi connectivity index (χ0n) is 21.2. The van der Waals surface area contributed by atoms with E-state index in [1.165, 1.54) is 12.1 Å². The fourth-order valence-corrected chi connectivity index (χ4v) is 3.16. The first-order valence-corrected chi connectivity index (χ1v) is 11.7. The van der Waals surface area contributed by atoms with Crippen LogP contribution in [0, 0.1) is 6.92 Å².